The van der Waals surface area contributed by atoms with Crippen molar-refractivity contribution in [3.8, 4) is 16.9 Å². The van der Waals surface area contributed by atoms with E-state index in [0.29, 0.717) is 17.9 Å². The molecular weight excluding hydrogens is 312 g/mol. The molecule has 3 nitrogen and oxygen atoms in total. The first-order valence-corrected chi connectivity index (χ1v) is 8.21. The van der Waals surface area contributed by atoms with E-state index in [-0.39, 0.29) is 6.42 Å². The lowest BCUT2D eigenvalue weighted by molar-refractivity contribution is -0.136. The van der Waals surface area contributed by atoms with Crippen molar-refractivity contribution in [2.75, 3.05) is 0 Å². The van der Waals surface area contributed by atoms with E-state index >= 15 is 0 Å². The quantitative estimate of drug-likeness (QED) is 0.700. The van der Waals surface area contributed by atoms with Gasteiger partial charge in [-0.1, -0.05) is 60.7 Å². The van der Waals surface area contributed by atoms with Gasteiger partial charge in [0.1, 0.15) is 12.4 Å². The summed E-state index contributed by atoms with van der Waals surface area (Å²) in [4.78, 5) is 11.3. The molecule has 0 aromatic heterocycles. The minimum absolute atomic E-state index is 0.0656. The van der Waals surface area contributed by atoms with Crippen molar-refractivity contribution >= 4 is 5.97 Å². The highest BCUT2D eigenvalue weighted by Gasteiger charge is 2.11. The Bertz CT molecular complexity index is 869. The number of carboxylic acid groups (broad SMARTS) is 1. The van der Waals surface area contributed by atoms with E-state index in [2.05, 4.69) is 0 Å². The molecule has 0 fully saturated rings. The van der Waals surface area contributed by atoms with Crippen LogP contribution in [0.1, 0.15) is 16.7 Å². The summed E-state index contributed by atoms with van der Waals surface area (Å²) >= 11 is 0. The molecule has 0 heterocycles. The number of hydrogen-bond donors (Lipinski definition) is 1. The van der Waals surface area contributed by atoms with Gasteiger partial charge < -0.3 is 9.84 Å². The third-order valence-electron chi connectivity index (χ3n) is 4.10. The zero-order valence-electron chi connectivity index (χ0n) is 14.1. The van der Waals surface area contributed by atoms with Gasteiger partial charge in [-0.05, 0) is 41.3 Å². The number of carbonyl (C=O) groups is 1. The minimum atomic E-state index is -0.869. The van der Waals surface area contributed by atoms with Crippen LogP contribution in [0, 0.1) is 6.92 Å². The Hall–Kier alpha value is -3.07. The van der Waals surface area contributed by atoms with Crippen molar-refractivity contribution in [2.45, 2.75) is 20.0 Å². The molecule has 0 amide bonds. The zero-order valence-corrected chi connectivity index (χ0v) is 14.1. The van der Waals surface area contributed by atoms with Crippen LogP contribution in [-0.2, 0) is 17.8 Å². The average molecular weight is 332 g/mol. The molecule has 0 saturated heterocycles. The maximum Gasteiger partial charge on any atom is 0.307 e. The van der Waals surface area contributed by atoms with Crippen LogP contribution in [-0.4, -0.2) is 11.1 Å². The fourth-order valence-corrected chi connectivity index (χ4v) is 2.82. The number of aryl methyl sites for hydroxylation is 1. The molecule has 1 N–H and O–H groups in total. The summed E-state index contributed by atoms with van der Waals surface area (Å²) in [7, 11) is 0. The Morgan fingerprint density at radius 1 is 0.960 bits per heavy atom. The van der Waals surface area contributed by atoms with Crippen LogP contribution in [0.15, 0.2) is 72.8 Å². The van der Waals surface area contributed by atoms with Gasteiger partial charge in [0.2, 0.25) is 0 Å². The number of aliphatic carboxylic acids is 1. The first-order chi connectivity index (χ1) is 12.1. The molecule has 0 spiro atoms. The summed E-state index contributed by atoms with van der Waals surface area (Å²) in [6.07, 6.45) is -0.0656. The molecule has 0 saturated carbocycles. The van der Waals surface area contributed by atoms with E-state index in [9.17, 15) is 9.90 Å². The molecule has 0 aliphatic heterocycles. The standard InChI is InChI=1S/C22H20O3/c1-16-7-5-6-10-20(16)18-11-12-21(19(13-18)14-22(23)24)25-15-17-8-3-2-4-9-17/h2-13H,14-15H2,1H3,(H,23,24). The summed E-state index contributed by atoms with van der Waals surface area (Å²) in [5, 5.41) is 9.24. The number of ether oxygens (including phenoxy) is 1. The smallest absolute Gasteiger partial charge is 0.307 e. The van der Waals surface area contributed by atoms with Gasteiger partial charge in [-0.25, -0.2) is 0 Å². The minimum Gasteiger partial charge on any atom is -0.489 e. The van der Waals surface area contributed by atoms with Crippen molar-refractivity contribution in [3.05, 3.63) is 89.5 Å². The molecule has 0 radical (unpaired) electrons. The van der Waals surface area contributed by atoms with Crippen molar-refractivity contribution < 1.29 is 14.6 Å². The normalized spacial score (nSPS) is 10.4. The third-order valence-corrected chi connectivity index (χ3v) is 4.10. The maximum absolute atomic E-state index is 11.3. The first-order valence-electron chi connectivity index (χ1n) is 8.21. The highest BCUT2D eigenvalue weighted by atomic mass is 16.5. The lowest BCUT2D eigenvalue weighted by Gasteiger charge is -2.13. The van der Waals surface area contributed by atoms with Gasteiger partial charge in [-0.3, -0.25) is 4.79 Å². The van der Waals surface area contributed by atoms with Crippen LogP contribution < -0.4 is 4.74 Å². The molecule has 0 atom stereocenters. The van der Waals surface area contributed by atoms with E-state index in [4.69, 9.17) is 4.74 Å². The fourth-order valence-electron chi connectivity index (χ4n) is 2.82. The second kappa shape index (κ2) is 7.67. The molecule has 126 valence electrons. The number of hydrogen-bond acceptors (Lipinski definition) is 2. The number of benzene rings is 3. The van der Waals surface area contributed by atoms with Crippen LogP contribution in [0.25, 0.3) is 11.1 Å². The highest BCUT2D eigenvalue weighted by molar-refractivity contribution is 5.74. The predicted molar refractivity (Wildman–Crippen MR) is 98.7 cm³/mol. The van der Waals surface area contributed by atoms with Crippen LogP contribution in [0.5, 0.6) is 5.75 Å². The van der Waals surface area contributed by atoms with Crippen LogP contribution in [0.2, 0.25) is 0 Å². The van der Waals surface area contributed by atoms with Crippen molar-refractivity contribution in [1.29, 1.82) is 0 Å². The van der Waals surface area contributed by atoms with E-state index in [1.807, 2.05) is 79.7 Å². The summed E-state index contributed by atoms with van der Waals surface area (Å²) in [6.45, 7) is 2.46. The van der Waals surface area contributed by atoms with Gasteiger partial charge >= 0.3 is 5.97 Å². The SMILES string of the molecule is Cc1ccccc1-c1ccc(OCc2ccccc2)c(CC(=O)O)c1. The predicted octanol–water partition coefficient (Wildman–Crippen LogP) is 4.87. The van der Waals surface area contributed by atoms with Gasteiger partial charge in [0, 0.05) is 5.56 Å². The molecule has 0 aliphatic rings. The molecule has 3 aromatic rings. The fraction of sp³-hybridized carbons (Fsp3) is 0.136. The van der Waals surface area contributed by atoms with Crippen LogP contribution >= 0.6 is 0 Å². The molecule has 25 heavy (non-hydrogen) atoms. The van der Waals surface area contributed by atoms with Gasteiger partial charge in [0.05, 0.1) is 6.42 Å². The Kier molecular flexibility index (Phi) is 5.14. The summed E-state index contributed by atoms with van der Waals surface area (Å²) in [5.74, 6) is -0.255. The highest BCUT2D eigenvalue weighted by Crippen LogP contribution is 2.29. The Labute approximate surface area is 147 Å². The Morgan fingerprint density at radius 3 is 2.40 bits per heavy atom. The maximum atomic E-state index is 11.3. The van der Waals surface area contributed by atoms with Crippen LogP contribution in [0.3, 0.4) is 0 Å². The topological polar surface area (TPSA) is 46.5 Å². The zero-order chi connectivity index (χ0) is 17.6. The summed E-state index contributed by atoms with van der Waals surface area (Å²) in [5.41, 5.74) is 4.99. The van der Waals surface area contributed by atoms with Gasteiger partial charge in [-0.2, -0.15) is 0 Å². The van der Waals surface area contributed by atoms with E-state index in [1.54, 1.807) is 0 Å². The van der Waals surface area contributed by atoms with Crippen molar-refractivity contribution in [2.24, 2.45) is 0 Å². The second-order valence-electron chi connectivity index (χ2n) is 5.98. The molecule has 3 heteroatoms. The average Bonchev–Trinajstić information content (AvgIpc) is 2.61. The van der Waals surface area contributed by atoms with Gasteiger partial charge in [0.15, 0.2) is 0 Å². The van der Waals surface area contributed by atoms with Crippen molar-refractivity contribution in [3.63, 3.8) is 0 Å². The molecule has 0 unspecified atom stereocenters. The van der Waals surface area contributed by atoms with Crippen LogP contribution in [0.4, 0.5) is 0 Å². The Balaban J connectivity index is 1.90. The second-order valence-corrected chi connectivity index (χ2v) is 5.98. The van der Waals surface area contributed by atoms with Gasteiger partial charge in [0.25, 0.3) is 0 Å². The number of carboxylic acids is 1. The molecule has 3 aromatic carbocycles. The lowest BCUT2D eigenvalue weighted by atomic mass is 9.97. The van der Waals surface area contributed by atoms with E-state index < -0.39 is 5.97 Å². The van der Waals surface area contributed by atoms with E-state index in [0.717, 1.165) is 22.3 Å². The number of rotatable bonds is 6. The van der Waals surface area contributed by atoms with E-state index in [1.165, 1.54) is 0 Å². The van der Waals surface area contributed by atoms with Gasteiger partial charge in [-0.15, -0.1) is 0 Å². The largest absolute Gasteiger partial charge is 0.489 e. The van der Waals surface area contributed by atoms with Crippen molar-refractivity contribution in [1.82, 2.24) is 0 Å². The summed E-state index contributed by atoms with van der Waals surface area (Å²) < 4.78 is 5.88. The molecule has 0 bridgehead atoms. The third kappa shape index (κ3) is 4.27. The monoisotopic (exact) mass is 332 g/mol. The molecular formula is C22H20O3. The summed E-state index contributed by atoms with van der Waals surface area (Å²) in [6, 6.07) is 23.7. The lowest BCUT2D eigenvalue weighted by Crippen LogP contribution is -2.04. The molecule has 0 aliphatic carbocycles. The Morgan fingerprint density at radius 2 is 1.68 bits per heavy atom. The molecule has 3 rings (SSSR count). The first kappa shape index (κ1) is 16.8.